The van der Waals surface area contributed by atoms with Crippen LogP contribution in [0, 0.1) is 5.92 Å². The van der Waals surface area contributed by atoms with Crippen LogP contribution in [0.3, 0.4) is 0 Å². The van der Waals surface area contributed by atoms with Gasteiger partial charge in [-0.15, -0.1) is 11.3 Å². The molecule has 2 unspecified atom stereocenters. The number of fused-ring (bicyclic) bond motifs is 1. The SMILES string of the molecule is OC(c1cc(Br)c(Br)s1)C1CCc2ccccc2C1. The van der Waals surface area contributed by atoms with E-state index in [4.69, 9.17) is 0 Å². The number of halogens is 2. The smallest absolute Gasteiger partial charge is 0.0914 e. The molecule has 4 heteroatoms. The molecule has 3 rings (SSSR count). The van der Waals surface area contributed by atoms with Crippen LogP contribution in [-0.4, -0.2) is 5.11 Å². The van der Waals surface area contributed by atoms with Crippen molar-refractivity contribution in [1.29, 1.82) is 0 Å². The average molecular weight is 402 g/mol. The average Bonchev–Trinajstić information content (AvgIpc) is 2.77. The minimum atomic E-state index is -0.360. The Morgan fingerprint density at radius 3 is 2.63 bits per heavy atom. The Kier molecular flexibility index (Phi) is 4.13. The highest BCUT2D eigenvalue weighted by atomic mass is 79.9. The van der Waals surface area contributed by atoms with E-state index in [0.29, 0.717) is 5.92 Å². The van der Waals surface area contributed by atoms with E-state index in [2.05, 4.69) is 56.1 Å². The van der Waals surface area contributed by atoms with Crippen LogP contribution in [0.1, 0.15) is 28.5 Å². The van der Waals surface area contributed by atoms with Crippen LogP contribution in [-0.2, 0) is 12.8 Å². The Hall–Kier alpha value is -0.160. The van der Waals surface area contributed by atoms with Crippen molar-refractivity contribution in [2.45, 2.75) is 25.4 Å². The number of hydrogen-bond acceptors (Lipinski definition) is 2. The van der Waals surface area contributed by atoms with Crippen LogP contribution in [0.2, 0.25) is 0 Å². The van der Waals surface area contributed by atoms with Gasteiger partial charge in [-0.2, -0.15) is 0 Å². The van der Waals surface area contributed by atoms with Gasteiger partial charge in [0.05, 0.1) is 9.89 Å². The van der Waals surface area contributed by atoms with Crippen molar-refractivity contribution in [2.75, 3.05) is 0 Å². The third kappa shape index (κ3) is 2.82. The zero-order valence-electron chi connectivity index (χ0n) is 10.3. The van der Waals surface area contributed by atoms with Crippen LogP contribution in [0.4, 0.5) is 0 Å². The fraction of sp³-hybridized carbons (Fsp3) is 0.333. The summed E-state index contributed by atoms with van der Waals surface area (Å²) in [5.41, 5.74) is 2.84. The van der Waals surface area contributed by atoms with Crippen molar-refractivity contribution in [3.63, 3.8) is 0 Å². The first-order valence-electron chi connectivity index (χ1n) is 6.34. The van der Waals surface area contributed by atoms with Gasteiger partial charge >= 0.3 is 0 Å². The zero-order valence-corrected chi connectivity index (χ0v) is 14.3. The summed E-state index contributed by atoms with van der Waals surface area (Å²) in [5, 5.41) is 10.6. The number of benzene rings is 1. The summed E-state index contributed by atoms with van der Waals surface area (Å²) in [6, 6.07) is 10.6. The minimum absolute atomic E-state index is 0.326. The van der Waals surface area contributed by atoms with Gasteiger partial charge in [-0.05, 0) is 74.2 Å². The Balaban J connectivity index is 1.81. The molecule has 0 aliphatic heterocycles. The number of rotatable bonds is 2. The van der Waals surface area contributed by atoms with E-state index in [1.54, 1.807) is 11.3 Å². The fourth-order valence-electron chi connectivity index (χ4n) is 2.74. The summed E-state index contributed by atoms with van der Waals surface area (Å²) >= 11 is 8.60. The van der Waals surface area contributed by atoms with Crippen molar-refractivity contribution in [3.05, 3.63) is 54.6 Å². The maximum atomic E-state index is 10.6. The second kappa shape index (κ2) is 5.68. The van der Waals surface area contributed by atoms with Gasteiger partial charge in [-0.3, -0.25) is 0 Å². The van der Waals surface area contributed by atoms with Gasteiger partial charge in [0.1, 0.15) is 0 Å². The molecule has 100 valence electrons. The molecule has 2 aromatic rings. The van der Waals surface area contributed by atoms with Crippen LogP contribution >= 0.6 is 43.2 Å². The molecule has 1 aromatic heterocycles. The van der Waals surface area contributed by atoms with Gasteiger partial charge in [-0.25, -0.2) is 0 Å². The van der Waals surface area contributed by atoms with E-state index in [1.165, 1.54) is 11.1 Å². The lowest BCUT2D eigenvalue weighted by Crippen LogP contribution is -2.20. The lowest BCUT2D eigenvalue weighted by Gasteiger charge is -2.28. The first kappa shape index (κ1) is 13.8. The topological polar surface area (TPSA) is 20.2 Å². The van der Waals surface area contributed by atoms with Crippen molar-refractivity contribution in [2.24, 2.45) is 5.92 Å². The summed E-state index contributed by atoms with van der Waals surface area (Å²) in [6.45, 7) is 0. The second-order valence-electron chi connectivity index (χ2n) is 4.99. The highest BCUT2D eigenvalue weighted by Gasteiger charge is 2.27. The first-order chi connectivity index (χ1) is 9.15. The molecule has 0 saturated carbocycles. The Morgan fingerprint density at radius 1 is 1.21 bits per heavy atom. The lowest BCUT2D eigenvalue weighted by atomic mass is 9.81. The number of aliphatic hydroxyl groups is 1. The van der Waals surface area contributed by atoms with Gasteiger partial charge in [-0.1, -0.05) is 24.3 Å². The number of thiophene rings is 1. The van der Waals surface area contributed by atoms with Gasteiger partial charge in [0.15, 0.2) is 0 Å². The number of hydrogen-bond donors (Lipinski definition) is 1. The van der Waals surface area contributed by atoms with Gasteiger partial charge in [0, 0.05) is 9.35 Å². The first-order valence-corrected chi connectivity index (χ1v) is 8.75. The second-order valence-corrected chi connectivity index (χ2v) is 8.24. The van der Waals surface area contributed by atoms with Crippen molar-refractivity contribution >= 4 is 43.2 Å². The Morgan fingerprint density at radius 2 is 1.95 bits per heavy atom. The monoisotopic (exact) mass is 400 g/mol. The molecular formula is C15H14Br2OS. The molecular weight excluding hydrogens is 388 g/mol. The molecule has 0 spiro atoms. The van der Waals surface area contributed by atoms with Gasteiger partial charge < -0.3 is 5.11 Å². The molecule has 1 N–H and O–H groups in total. The highest BCUT2D eigenvalue weighted by Crippen LogP contribution is 2.41. The zero-order chi connectivity index (χ0) is 13.4. The molecule has 0 saturated heterocycles. The highest BCUT2D eigenvalue weighted by molar-refractivity contribution is 9.13. The lowest BCUT2D eigenvalue weighted by molar-refractivity contribution is 0.103. The van der Waals surface area contributed by atoms with E-state index in [0.717, 1.165) is 32.4 Å². The molecule has 0 radical (unpaired) electrons. The molecule has 1 aromatic carbocycles. The number of aryl methyl sites for hydroxylation is 1. The molecule has 1 nitrogen and oxygen atoms in total. The van der Waals surface area contributed by atoms with Crippen molar-refractivity contribution in [1.82, 2.24) is 0 Å². The molecule has 0 fully saturated rings. The van der Waals surface area contributed by atoms with E-state index in [-0.39, 0.29) is 6.10 Å². The van der Waals surface area contributed by atoms with Crippen LogP contribution in [0.15, 0.2) is 38.6 Å². The predicted molar refractivity (Wildman–Crippen MR) is 86.6 cm³/mol. The standard InChI is InChI=1S/C15H14Br2OS/c16-12-8-13(19-15(12)17)14(18)11-6-5-9-3-1-2-4-10(9)7-11/h1-4,8,11,14,18H,5-7H2. The Bertz CT molecular complexity index is 574. The largest absolute Gasteiger partial charge is 0.387 e. The maximum Gasteiger partial charge on any atom is 0.0914 e. The summed E-state index contributed by atoms with van der Waals surface area (Å²) in [5.74, 6) is 0.326. The van der Waals surface area contributed by atoms with Crippen LogP contribution in [0.5, 0.6) is 0 Å². The predicted octanol–water partition coefficient (Wildman–Crippen LogP) is 5.11. The molecule has 2 atom stereocenters. The van der Waals surface area contributed by atoms with E-state index in [9.17, 15) is 5.11 Å². The Labute approximate surface area is 133 Å². The van der Waals surface area contributed by atoms with Crippen LogP contribution in [0.25, 0.3) is 0 Å². The molecule has 1 aliphatic carbocycles. The minimum Gasteiger partial charge on any atom is -0.387 e. The van der Waals surface area contributed by atoms with Crippen molar-refractivity contribution < 1.29 is 5.11 Å². The summed E-state index contributed by atoms with van der Waals surface area (Å²) in [4.78, 5) is 1.04. The van der Waals surface area contributed by atoms with Gasteiger partial charge in [0.25, 0.3) is 0 Å². The van der Waals surface area contributed by atoms with Crippen LogP contribution < -0.4 is 0 Å². The third-order valence-corrected chi connectivity index (χ3v) is 7.11. The number of aliphatic hydroxyl groups excluding tert-OH is 1. The molecule has 0 bridgehead atoms. The molecule has 1 heterocycles. The third-order valence-electron chi connectivity index (χ3n) is 3.79. The molecule has 19 heavy (non-hydrogen) atoms. The fourth-order valence-corrected chi connectivity index (χ4v) is 4.91. The normalized spacial score (nSPS) is 20.1. The van der Waals surface area contributed by atoms with E-state index < -0.39 is 0 Å². The molecule has 1 aliphatic rings. The maximum absolute atomic E-state index is 10.6. The van der Waals surface area contributed by atoms with Crippen molar-refractivity contribution in [3.8, 4) is 0 Å². The summed E-state index contributed by atoms with van der Waals surface area (Å²) in [7, 11) is 0. The van der Waals surface area contributed by atoms with E-state index in [1.807, 2.05) is 6.07 Å². The van der Waals surface area contributed by atoms with E-state index >= 15 is 0 Å². The van der Waals surface area contributed by atoms with Gasteiger partial charge in [0.2, 0.25) is 0 Å². The molecule has 0 amide bonds. The summed E-state index contributed by atoms with van der Waals surface area (Å²) < 4.78 is 2.08. The quantitative estimate of drug-likeness (QED) is 0.740. The summed E-state index contributed by atoms with van der Waals surface area (Å²) in [6.07, 6.45) is 2.75.